The van der Waals surface area contributed by atoms with Crippen LogP contribution in [0.1, 0.15) is 11.3 Å². The maximum atomic E-state index is 5.40. The summed E-state index contributed by atoms with van der Waals surface area (Å²) in [6.45, 7) is 2.99. The second kappa shape index (κ2) is 5.89. The third kappa shape index (κ3) is 2.63. The van der Waals surface area contributed by atoms with E-state index in [1.165, 1.54) is 5.56 Å². The van der Waals surface area contributed by atoms with Gasteiger partial charge < -0.3 is 14.8 Å². The molecule has 1 aromatic heterocycles. The smallest absolute Gasteiger partial charge is 0.145 e. The van der Waals surface area contributed by atoms with Crippen LogP contribution in [0.15, 0.2) is 18.2 Å². The van der Waals surface area contributed by atoms with E-state index in [1.807, 2.05) is 19.2 Å². The first-order valence-electron chi connectivity index (χ1n) is 6.37. The number of methoxy groups -OCH3 is 2. The number of hydrogen-bond acceptors (Lipinski definition) is 4. The summed E-state index contributed by atoms with van der Waals surface area (Å²) in [6.07, 6.45) is 0.901. The average molecular weight is 260 g/mol. The number of ether oxygens (including phenoxy) is 2. The molecule has 1 aromatic carbocycles. The zero-order valence-corrected chi connectivity index (χ0v) is 11.9. The number of nitrogens with zero attached hydrogens (tertiary/aromatic N) is 1. The van der Waals surface area contributed by atoms with E-state index in [9.17, 15) is 0 Å². The number of rotatable bonds is 5. The molecule has 19 heavy (non-hydrogen) atoms. The van der Waals surface area contributed by atoms with Gasteiger partial charge in [-0.15, -0.1) is 0 Å². The molecule has 0 aliphatic heterocycles. The van der Waals surface area contributed by atoms with Gasteiger partial charge in [0.25, 0.3) is 0 Å². The molecular weight excluding hydrogens is 240 g/mol. The second-order valence-electron chi connectivity index (χ2n) is 4.47. The standard InChI is InChI=1S/C15H20N2O2/c1-10-9-11-13(18-3)5-6-14(19-4)15(11)17-12(10)7-8-16-2/h5-6,9,16H,7-8H2,1-4H3. The van der Waals surface area contributed by atoms with E-state index in [-0.39, 0.29) is 0 Å². The largest absolute Gasteiger partial charge is 0.496 e. The van der Waals surface area contributed by atoms with Crippen LogP contribution in [-0.4, -0.2) is 32.8 Å². The van der Waals surface area contributed by atoms with Crippen molar-refractivity contribution in [2.75, 3.05) is 27.8 Å². The maximum Gasteiger partial charge on any atom is 0.145 e. The molecule has 4 heteroatoms. The van der Waals surface area contributed by atoms with Crippen LogP contribution < -0.4 is 14.8 Å². The Labute approximate surface area is 113 Å². The number of benzene rings is 1. The van der Waals surface area contributed by atoms with E-state index in [1.54, 1.807) is 14.2 Å². The first-order chi connectivity index (χ1) is 9.21. The number of hydrogen-bond donors (Lipinski definition) is 1. The van der Waals surface area contributed by atoms with Crippen molar-refractivity contribution in [2.45, 2.75) is 13.3 Å². The minimum Gasteiger partial charge on any atom is -0.496 e. The van der Waals surface area contributed by atoms with E-state index < -0.39 is 0 Å². The molecule has 0 unspecified atom stereocenters. The molecule has 0 atom stereocenters. The van der Waals surface area contributed by atoms with Crippen molar-refractivity contribution in [1.82, 2.24) is 10.3 Å². The summed E-state index contributed by atoms with van der Waals surface area (Å²) in [7, 11) is 5.28. The SMILES string of the molecule is CNCCc1nc2c(OC)ccc(OC)c2cc1C. The van der Waals surface area contributed by atoms with Gasteiger partial charge in [0, 0.05) is 24.0 Å². The predicted octanol–water partition coefficient (Wildman–Crippen LogP) is 2.32. The van der Waals surface area contributed by atoms with Crippen molar-refractivity contribution >= 4 is 10.9 Å². The summed E-state index contributed by atoms with van der Waals surface area (Å²) in [6, 6.07) is 5.93. The lowest BCUT2D eigenvalue weighted by Crippen LogP contribution is -2.12. The first-order valence-corrected chi connectivity index (χ1v) is 6.37. The van der Waals surface area contributed by atoms with Crippen LogP contribution in [0, 0.1) is 6.92 Å². The number of aromatic nitrogens is 1. The van der Waals surface area contributed by atoms with Crippen molar-refractivity contribution in [3.8, 4) is 11.5 Å². The van der Waals surface area contributed by atoms with Crippen LogP contribution in [0.3, 0.4) is 0 Å². The van der Waals surface area contributed by atoms with Gasteiger partial charge in [-0.3, -0.25) is 0 Å². The normalized spacial score (nSPS) is 10.7. The molecule has 0 radical (unpaired) electrons. The summed E-state index contributed by atoms with van der Waals surface area (Å²) in [5, 5.41) is 4.14. The summed E-state index contributed by atoms with van der Waals surface area (Å²) >= 11 is 0. The summed E-state index contributed by atoms with van der Waals surface area (Å²) in [5.41, 5.74) is 3.13. The summed E-state index contributed by atoms with van der Waals surface area (Å²) in [5.74, 6) is 1.60. The molecular formula is C15H20N2O2. The van der Waals surface area contributed by atoms with Crippen molar-refractivity contribution in [3.05, 3.63) is 29.5 Å². The van der Waals surface area contributed by atoms with Crippen molar-refractivity contribution in [2.24, 2.45) is 0 Å². The predicted molar refractivity (Wildman–Crippen MR) is 77.2 cm³/mol. The van der Waals surface area contributed by atoms with Gasteiger partial charge in [0.15, 0.2) is 0 Å². The number of pyridine rings is 1. The molecule has 0 aliphatic carbocycles. The Morgan fingerprint density at radius 3 is 2.47 bits per heavy atom. The molecule has 1 N–H and O–H groups in total. The highest BCUT2D eigenvalue weighted by Crippen LogP contribution is 2.32. The topological polar surface area (TPSA) is 43.4 Å². The lowest BCUT2D eigenvalue weighted by molar-refractivity contribution is 0.409. The van der Waals surface area contributed by atoms with E-state index in [0.29, 0.717) is 0 Å². The zero-order valence-electron chi connectivity index (χ0n) is 11.9. The number of fused-ring (bicyclic) bond motifs is 1. The lowest BCUT2D eigenvalue weighted by Gasteiger charge is -2.12. The molecule has 1 heterocycles. The van der Waals surface area contributed by atoms with Crippen LogP contribution >= 0.6 is 0 Å². The molecule has 0 spiro atoms. The summed E-state index contributed by atoms with van der Waals surface area (Å²) < 4.78 is 10.8. The monoisotopic (exact) mass is 260 g/mol. The highest BCUT2D eigenvalue weighted by atomic mass is 16.5. The Balaban J connectivity index is 2.61. The van der Waals surface area contributed by atoms with Gasteiger partial charge in [-0.2, -0.15) is 0 Å². The third-order valence-electron chi connectivity index (χ3n) is 3.25. The molecule has 0 bridgehead atoms. The van der Waals surface area contributed by atoms with Crippen LogP contribution in [-0.2, 0) is 6.42 Å². The maximum absolute atomic E-state index is 5.40. The van der Waals surface area contributed by atoms with Crippen LogP contribution in [0.2, 0.25) is 0 Å². The number of likely N-dealkylation sites (N-methyl/N-ethyl adjacent to an activating group) is 1. The minimum absolute atomic E-state index is 0.779. The van der Waals surface area contributed by atoms with Gasteiger partial charge in [-0.05, 0) is 37.7 Å². The van der Waals surface area contributed by atoms with Gasteiger partial charge in [0.2, 0.25) is 0 Å². The Morgan fingerprint density at radius 2 is 1.84 bits per heavy atom. The molecule has 0 aliphatic rings. The van der Waals surface area contributed by atoms with E-state index in [4.69, 9.17) is 14.5 Å². The Morgan fingerprint density at radius 1 is 1.16 bits per heavy atom. The van der Waals surface area contributed by atoms with Gasteiger partial charge in [-0.1, -0.05) is 0 Å². The quantitative estimate of drug-likeness (QED) is 0.896. The molecule has 2 aromatic rings. The minimum atomic E-state index is 0.779. The molecule has 2 rings (SSSR count). The second-order valence-corrected chi connectivity index (χ2v) is 4.47. The van der Waals surface area contributed by atoms with E-state index in [2.05, 4.69) is 18.3 Å². The average Bonchev–Trinajstić information content (AvgIpc) is 2.44. The van der Waals surface area contributed by atoms with Crippen molar-refractivity contribution in [3.63, 3.8) is 0 Å². The fourth-order valence-electron chi connectivity index (χ4n) is 2.19. The Bertz CT molecular complexity index is 582. The zero-order chi connectivity index (χ0) is 13.8. The fraction of sp³-hybridized carbons (Fsp3) is 0.400. The van der Waals surface area contributed by atoms with Gasteiger partial charge in [0.1, 0.15) is 17.0 Å². The lowest BCUT2D eigenvalue weighted by atomic mass is 10.1. The molecule has 0 saturated heterocycles. The molecule has 4 nitrogen and oxygen atoms in total. The Hall–Kier alpha value is -1.81. The van der Waals surface area contributed by atoms with Gasteiger partial charge in [-0.25, -0.2) is 4.98 Å². The fourth-order valence-corrected chi connectivity index (χ4v) is 2.19. The molecule has 0 amide bonds. The third-order valence-corrected chi connectivity index (χ3v) is 3.25. The van der Waals surface area contributed by atoms with E-state index in [0.717, 1.165) is 41.1 Å². The van der Waals surface area contributed by atoms with Crippen LogP contribution in [0.25, 0.3) is 10.9 Å². The van der Waals surface area contributed by atoms with Crippen molar-refractivity contribution < 1.29 is 9.47 Å². The molecule has 0 saturated carbocycles. The van der Waals surface area contributed by atoms with Gasteiger partial charge in [0.05, 0.1) is 14.2 Å². The van der Waals surface area contributed by atoms with Crippen LogP contribution in [0.5, 0.6) is 11.5 Å². The summed E-state index contributed by atoms with van der Waals surface area (Å²) in [4.78, 5) is 4.75. The molecule has 0 fully saturated rings. The number of nitrogens with one attached hydrogen (secondary N) is 1. The number of aryl methyl sites for hydroxylation is 1. The van der Waals surface area contributed by atoms with Gasteiger partial charge >= 0.3 is 0 Å². The Kier molecular flexibility index (Phi) is 4.22. The van der Waals surface area contributed by atoms with Crippen LogP contribution in [0.4, 0.5) is 0 Å². The highest BCUT2D eigenvalue weighted by Gasteiger charge is 2.11. The molecule has 102 valence electrons. The van der Waals surface area contributed by atoms with Crippen molar-refractivity contribution in [1.29, 1.82) is 0 Å². The van der Waals surface area contributed by atoms with E-state index >= 15 is 0 Å². The first kappa shape index (κ1) is 13.6. The highest BCUT2D eigenvalue weighted by molar-refractivity contribution is 5.90.